The minimum Gasteiger partial charge on any atom is -0.397 e. The van der Waals surface area contributed by atoms with Crippen LogP contribution in [0.5, 0.6) is 0 Å². The van der Waals surface area contributed by atoms with Crippen LogP contribution in [0.15, 0.2) is 42.6 Å². The molecule has 24 heavy (non-hydrogen) atoms. The van der Waals surface area contributed by atoms with Gasteiger partial charge in [-0.05, 0) is 55.2 Å². The maximum Gasteiger partial charge on any atom is 0.255 e. The quantitative estimate of drug-likeness (QED) is 0.722. The first-order chi connectivity index (χ1) is 11.6. The van der Waals surface area contributed by atoms with E-state index in [1.54, 1.807) is 18.3 Å². The average Bonchev–Trinajstić information content (AvgIpc) is 3.29. The molecule has 2 aromatic carbocycles. The van der Waals surface area contributed by atoms with E-state index in [1.165, 1.54) is 31.0 Å². The molecule has 0 bridgehead atoms. The van der Waals surface area contributed by atoms with E-state index in [9.17, 15) is 9.18 Å². The zero-order chi connectivity index (χ0) is 16.7. The van der Waals surface area contributed by atoms with Crippen molar-refractivity contribution in [3.8, 4) is 0 Å². The number of halogens is 1. The van der Waals surface area contributed by atoms with Crippen molar-refractivity contribution in [2.45, 2.75) is 19.4 Å². The van der Waals surface area contributed by atoms with Gasteiger partial charge in [0, 0.05) is 17.5 Å². The first kappa shape index (κ1) is 14.7. The van der Waals surface area contributed by atoms with Crippen molar-refractivity contribution in [1.29, 1.82) is 0 Å². The highest BCUT2D eigenvalue weighted by molar-refractivity contribution is 6.07. The summed E-state index contributed by atoms with van der Waals surface area (Å²) < 4.78 is 15.1. The van der Waals surface area contributed by atoms with Gasteiger partial charge in [0.25, 0.3) is 5.91 Å². The van der Waals surface area contributed by atoms with Gasteiger partial charge in [0.05, 0.1) is 23.1 Å². The van der Waals surface area contributed by atoms with Crippen LogP contribution in [-0.4, -0.2) is 15.7 Å². The van der Waals surface area contributed by atoms with Crippen LogP contribution in [0.4, 0.5) is 15.8 Å². The van der Waals surface area contributed by atoms with E-state index in [2.05, 4.69) is 10.4 Å². The summed E-state index contributed by atoms with van der Waals surface area (Å²) in [6.45, 7) is 0.932. The van der Waals surface area contributed by atoms with E-state index in [-0.39, 0.29) is 11.6 Å². The summed E-state index contributed by atoms with van der Waals surface area (Å²) >= 11 is 0. The Balaban J connectivity index is 1.57. The standard InChI is InChI=1S/C18H17FN4O/c19-14-4-5-16(15(20)8-14)22-18(24)12-3-6-17-13(7-12)9-21-23(17)10-11-1-2-11/h3-9,11H,1-2,10,20H2,(H,22,24). The third-order valence-corrected chi connectivity index (χ3v) is 4.29. The molecule has 5 nitrogen and oxygen atoms in total. The lowest BCUT2D eigenvalue weighted by atomic mass is 10.1. The molecule has 4 rings (SSSR count). The average molecular weight is 324 g/mol. The van der Waals surface area contributed by atoms with Crippen LogP contribution in [0.25, 0.3) is 10.9 Å². The highest BCUT2D eigenvalue weighted by atomic mass is 19.1. The second-order valence-electron chi connectivity index (χ2n) is 6.23. The molecular formula is C18H17FN4O. The Kier molecular flexibility index (Phi) is 3.45. The molecule has 3 N–H and O–H groups in total. The van der Waals surface area contributed by atoms with Crippen LogP contribution in [0.2, 0.25) is 0 Å². The fraction of sp³-hybridized carbons (Fsp3) is 0.222. The highest BCUT2D eigenvalue weighted by Gasteiger charge is 2.22. The number of carbonyl (C=O) groups excluding carboxylic acids is 1. The number of nitrogens with zero attached hydrogens (tertiary/aromatic N) is 2. The third-order valence-electron chi connectivity index (χ3n) is 4.29. The number of rotatable bonds is 4. The summed E-state index contributed by atoms with van der Waals surface area (Å²) in [6.07, 6.45) is 4.31. The minimum atomic E-state index is -0.435. The number of fused-ring (bicyclic) bond motifs is 1. The van der Waals surface area contributed by atoms with Gasteiger partial charge in [-0.1, -0.05) is 0 Å². The molecule has 3 aromatic rings. The summed E-state index contributed by atoms with van der Waals surface area (Å²) in [6, 6.07) is 9.38. The zero-order valence-corrected chi connectivity index (χ0v) is 13.0. The molecule has 1 saturated carbocycles. The third kappa shape index (κ3) is 2.82. The summed E-state index contributed by atoms with van der Waals surface area (Å²) in [4.78, 5) is 12.4. The Morgan fingerprint density at radius 1 is 1.29 bits per heavy atom. The Morgan fingerprint density at radius 3 is 2.88 bits per heavy atom. The topological polar surface area (TPSA) is 72.9 Å². The summed E-state index contributed by atoms with van der Waals surface area (Å²) in [7, 11) is 0. The van der Waals surface area contributed by atoms with Crippen LogP contribution in [0, 0.1) is 11.7 Å². The summed E-state index contributed by atoms with van der Waals surface area (Å²) in [5.41, 5.74) is 7.86. The second kappa shape index (κ2) is 5.63. The van der Waals surface area contributed by atoms with Crippen molar-refractivity contribution in [3.63, 3.8) is 0 Å². The van der Waals surface area contributed by atoms with Crippen molar-refractivity contribution in [2.75, 3.05) is 11.1 Å². The molecule has 1 amide bonds. The molecular weight excluding hydrogens is 307 g/mol. The van der Waals surface area contributed by atoms with Crippen molar-refractivity contribution in [2.24, 2.45) is 5.92 Å². The number of hydrogen-bond donors (Lipinski definition) is 2. The van der Waals surface area contributed by atoms with E-state index in [4.69, 9.17) is 5.73 Å². The minimum absolute atomic E-state index is 0.196. The predicted molar refractivity (Wildman–Crippen MR) is 91.2 cm³/mol. The smallest absolute Gasteiger partial charge is 0.255 e. The molecule has 0 radical (unpaired) electrons. The Morgan fingerprint density at radius 2 is 2.12 bits per heavy atom. The summed E-state index contributed by atoms with van der Waals surface area (Å²) in [5, 5.41) is 8.04. The maximum absolute atomic E-state index is 13.1. The Labute approximate surface area is 138 Å². The van der Waals surface area contributed by atoms with Gasteiger partial charge in [-0.3, -0.25) is 9.48 Å². The SMILES string of the molecule is Nc1cc(F)ccc1NC(=O)c1ccc2c(cnn2CC2CC2)c1. The number of anilines is 2. The molecule has 6 heteroatoms. The molecule has 1 aromatic heterocycles. The van der Waals surface area contributed by atoms with Crippen LogP contribution >= 0.6 is 0 Å². The number of nitrogens with two attached hydrogens (primary N) is 1. The number of nitrogen functional groups attached to an aromatic ring is 1. The normalized spacial score (nSPS) is 14.0. The maximum atomic E-state index is 13.1. The van der Waals surface area contributed by atoms with Gasteiger partial charge in [0.2, 0.25) is 0 Å². The molecule has 122 valence electrons. The second-order valence-corrected chi connectivity index (χ2v) is 6.23. The van der Waals surface area contributed by atoms with E-state index in [0.717, 1.165) is 23.4 Å². The van der Waals surface area contributed by atoms with E-state index in [0.29, 0.717) is 11.3 Å². The first-order valence-electron chi connectivity index (χ1n) is 7.92. The Hall–Kier alpha value is -2.89. The lowest BCUT2D eigenvalue weighted by Crippen LogP contribution is -2.13. The molecule has 1 aliphatic carbocycles. The van der Waals surface area contributed by atoms with Crippen LogP contribution in [-0.2, 0) is 6.54 Å². The molecule has 1 heterocycles. The fourth-order valence-corrected chi connectivity index (χ4v) is 2.76. The monoisotopic (exact) mass is 324 g/mol. The number of hydrogen-bond acceptors (Lipinski definition) is 3. The van der Waals surface area contributed by atoms with E-state index < -0.39 is 5.82 Å². The van der Waals surface area contributed by atoms with Crippen molar-refractivity contribution < 1.29 is 9.18 Å². The summed E-state index contributed by atoms with van der Waals surface area (Å²) in [5.74, 6) is 0.0117. The lowest BCUT2D eigenvalue weighted by molar-refractivity contribution is 0.102. The molecule has 1 aliphatic rings. The first-order valence-corrected chi connectivity index (χ1v) is 7.92. The van der Waals surface area contributed by atoms with Gasteiger partial charge < -0.3 is 11.1 Å². The predicted octanol–water partition coefficient (Wildman–Crippen LogP) is 3.42. The number of benzene rings is 2. The van der Waals surface area contributed by atoms with Gasteiger partial charge in [0.1, 0.15) is 5.82 Å². The number of aromatic nitrogens is 2. The van der Waals surface area contributed by atoms with Crippen LogP contribution in [0.3, 0.4) is 0 Å². The molecule has 0 aliphatic heterocycles. The number of amides is 1. The highest BCUT2D eigenvalue weighted by Crippen LogP contribution is 2.31. The van der Waals surface area contributed by atoms with Gasteiger partial charge in [-0.2, -0.15) is 5.10 Å². The molecule has 0 saturated heterocycles. The molecule has 1 fully saturated rings. The van der Waals surface area contributed by atoms with Gasteiger partial charge in [-0.15, -0.1) is 0 Å². The van der Waals surface area contributed by atoms with E-state index >= 15 is 0 Å². The zero-order valence-electron chi connectivity index (χ0n) is 13.0. The van der Waals surface area contributed by atoms with Crippen molar-refractivity contribution in [3.05, 3.63) is 54.0 Å². The lowest BCUT2D eigenvalue weighted by Gasteiger charge is -2.08. The van der Waals surface area contributed by atoms with Gasteiger partial charge >= 0.3 is 0 Å². The molecule has 0 spiro atoms. The Bertz CT molecular complexity index is 930. The van der Waals surface area contributed by atoms with Crippen LogP contribution < -0.4 is 11.1 Å². The van der Waals surface area contributed by atoms with Crippen molar-refractivity contribution in [1.82, 2.24) is 9.78 Å². The fourth-order valence-electron chi connectivity index (χ4n) is 2.76. The van der Waals surface area contributed by atoms with Crippen molar-refractivity contribution >= 4 is 28.2 Å². The largest absolute Gasteiger partial charge is 0.397 e. The molecule has 0 atom stereocenters. The number of carbonyl (C=O) groups is 1. The molecule has 0 unspecified atom stereocenters. The van der Waals surface area contributed by atoms with Crippen LogP contribution in [0.1, 0.15) is 23.2 Å². The van der Waals surface area contributed by atoms with E-state index in [1.807, 2.05) is 10.7 Å². The number of nitrogens with one attached hydrogen (secondary N) is 1. The van der Waals surface area contributed by atoms with Gasteiger partial charge in [0.15, 0.2) is 0 Å². The van der Waals surface area contributed by atoms with Gasteiger partial charge in [-0.25, -0.2) is 4.39 Å².